The van der Waals surface area contributed by atoms with Gasteiger partial charge in [0.2, 0.25) is 5.88 Å². The van der Waals surface area contributed by atoms with Crippen LogP contribution in [0, 0.1) is 6.92 Å². The van der Waals surface area contributed by atoms with Gasteiger partial charge in [0.15, 0.2) is 0 Å². The Hall–Kier alpha value is -6.57. The van der Waals surface area contributed by atoms with E-state index >= 15 is 0 Å². The Morgan fingerprint density at radius 3 is 2.11 bits per heavy atom. The monoisotopic (exact) mass is 858 g/mol. The highest BCUT2D eigenvalue weighted by molar-refractivity contribution is 7.26. The highest BCUT2D eigenvalue weighted by Gasteiger charge is 2.38. The number of hydrogen-bond acceptors (Lipinski definition) is 6. The second kappa shape index (κ2) is 14.2. The molecule has 0 aliphatic carbocycles. The first-order valence-electron chi connectivity index (χ1n) is 22.4. The molecule has 64 heavy (non-hydrogen) atoms. The Bertz CT molecular complexity index is 3490. The van der Waals surface area contributed by atoms with Crippen molar-refractivity contribution in [2.75, 3.05) is 16.5 Å². The fourth-order valence-electron chi connectivity index (χ4n) is 9.72. The van der Waals surface area contributed by atoms with Gasteiger partial charge in [0.05, 0.1) is 11.0 Å². The van der Waals surface area contributed by atoms with Crippen LogP contribution in [0.4, 0.5) is 22.9 Å². The lowest BCUT2D eigenvalue weighted by Crippen LogP contribution is -2.28. The molecule has 1 aliphatic rings. The van der Waals surface area contributed by atoms with Crippen LogP contribution >= 0.6 is 11.3 Å². The number of aromatic nitrogens is 2. The topological polar surface area (TPSA) is 46.7 Å². The first kappa shape index (κ1) is 40.2. The maximum absolute atomic E-state index is 6.88. The normalized spacial score (nSPS) is 13.7. The first-order valence-corrected chi connectivity index (χ1v) is 23.2. The molecule has 0 amide bonds. The largest absolute Gasteiger partial charge is 0.457 e. The Balaban J connectivity index is 1.03. The molecule has 0 unspecified atom stereocenters. The zero-order valence-corrected chi connectivity index (χ0v) is 39.2. The predicted molar refractivity (Wildman–Crippen MR) is 271 cm³/mol. The van der Waals surface area contributed by atoms with Crippen LogP contribution in [0.1, 0.15) is 84.6 Å². The van der Waals surface area contributed by atoms with Crippen molar-refractivity contribution in [3.05, 3.63) is 156 Å². The van der Waals surface area contributed by atoms with E-state index in [1.165, 1.54) is 59.0 Å². The quantitative estimate of drug-likeness (QED) is 0.173. The highest BCUT2D eigenvalue weighted by Crippen LogP contribution is 2.53. The van der Waals surface area contributed by atoms with Gasteiger partial charge in [-0.1, -0.05) is 117 Å². The minimum Gasteiger partial charge on any atom is -0.457 e. The molecular weight excluding hydrogens is 805 g/mol. The number of nitrogens with zero attached hydrogens (tertiary/aromatic N) is 4. The average Bonchev–Trinajstić information content (AvgIpc) is 4.01. The Kier molecular flexibility index (Phi) is 8.94. The summed E-state index contributed by atoms with van der Waals surface area (Å²) in [5, 5.41) is 5.97. The summed E-state index contributed by atoms with van der Waals surface area (Å²) >= 11 is 1.84. The molecule has 10 aromatic rings. The van der Waals surface area contributed by atoms with Gasteiger partial charge in [-0.3, -0.25) is 9.47 Å². The lowest BCUT2D eigenvalue weighted by molar-refractivity contribution is 0.483. The predicted octanol–water partition coefficient (Wildman–Crippen LogP) is 16.5. The zero-order chi connectivity index (χ0) is 44.4. The van der Waals surface area contributed by atoms with Gasteiger partial charge in [-0.15, -0.1) is 11.3 Å². The number of furan rings is 1. The third kappa shape index (κ3) is 6.46. The molecule has 0 bridgehead atoms. The van der Waals surface area contributed by atoms with Gasteiger partial charge >= 0.3 is 0 Å². The fourth-order valence-corrected chi connectivity index (χ4v) is 10.8. The van der Waals surface area contributed by atoms with Crippen LogP contribution in [-0.4, -0.2) is 16.2 Å². The molecule has 0 atom stereocenters. The molecule has 5 heterocycles. The van der Waals surface area contributed by atoms with E-state index in [1.807, 2.05) is 29.7 Å². The molecule has 7 heteroatoms. The van der Waals surface area contributed by atoms with Crippen LogP contribution in [-0.2, 0) is 16.2 Å². The minimum absolute atomic E-state index is 0.0228. The number of fused-ring (bicyclic) bond motifs is 10. The van der Waals surface area contributed by atoms with Crippen molar-refractivity contribution < 1.29 is 9.15 Å². The number of thiophene rings is 1. The summed E-state index contributed by atoms with van der Waals surface area (Å²) in [4.78, 5) is 9.81. The summed E-state index contributed by atoms with van der Waals surface area (Å²) in [6.07, 6.45) is 1.95. The van der Waals surface area contributed by atoms with Crippen molar-refractivity contribution in [1.82, 2.24) is 9.55 Å². The van der Waals surface area contributed by atoms with Crippen molar-refractivity contribution >= 4 is 87.2 Å². The van der Waals surface area contributed by atoms with Crippen molar-refractivity contribution in [2.45, 2.75) is 85.5 Å². The molecule has 1 aliphatic heterocycles. The summed E-state index contributed by atoms with van der Waals surface area (Å²) in [5.74, 6) is 3.23. The molecule has 0 fully saturated rings. The van der Waals surface area contributed by atoms with Gasteiger partial charge in [-0.2, -0.15) is 0 Å². The molecule has 0 saturated heterocycles. The lowest BCUT2D eigenvalue weighted by Gasteiger charge is -2.33. The minimum atomic E-state index is -0.0933. The molecule has 6 aromatic carbocycles. The molecule has 4 aromatic heterocycles. The SMILES string of the molecule is Cc1cc(C(C)(C)C)cc(C(C)(C)C)c1N1CN(c2cccc(Oc3ccc4c5ccc6sc7ccccc7c6c5n(-c5cc(C(C)(C)C)ccn5)c4c3)c2)c2oc3ccccc3c21. The number of aryl methyl sites for hydroxylation is 1. The van der Waals surface area contributed by atoms with E-state index in [9.17, 15) is 0 Å². The first-order chi connectivity index (χ1) is 30.5. The van der Waals surface area contributed by atoms with Gasteiger partial charge in [0.25, 0.3) is 0 Å². The molecule has 0 saturated carbocycles. The number of benzene rings is 6. The number of ether oxygens (including phenoxy) is 1. The molecule has 11 rings (SSSR count). The summed E-state index contributed by atoms with van der Waals surface area (Å²) in [6, 6.07) is 45.8. The summed E-state index contributed by atoms with van der Waals surface area (Å²) in [5.41, 5.74) is 11.5. The molecule has 6 nitrogen and oxygen atoms in total. The highest BCUT2D eigenvalue weighted by atomic mass is 32.1. The molecular formula is C57H54N4O2S. The van der Waals surface area contributed by atoms with Crippen molar-refractivity contribution in [3.63, 3.8) is 0 Å². The Labute approximate surface area is 379 Å². The van der Waals surface area contributed by atoms with E-state index in [0.717, 1.165) is 56.4 Å². The maximum atomic E-state index is 6.88. The van der Waals surface area contributed by atoms with Crippen molar-refractivity contribution in [1.29, 1.82) is 0 Å². The number of pyridine rings is 1. The molecule has 0 radical (unpaired) electrons. The number of hydrogen-bond donors (Lipinski definition) is 0. The third-order valence-electron chi connectivity index (χ3n) is 13.0. The standard InChI is InChI=1S/C57H54N4O2S/c1-34-28-36(56(5,6)7)29-44(57(8,9)10)51(34)60-33-59(54-53(60)42-18-11-13-20-46(42)63-54)37-16-15-17-38(31-37)62-39-22-23-40-41-24-25-48-50(43-19-12-14-21-47(43)64-48)52(41)61(45(40)32-39)49-30-35(26-27-58-49)55(2,3)4/h11-32H,33H2,1-10H3. The van der Waals surface area contributed by atoms with Crippen LogP contribution in [0.25, 0.3) is 58.8 Å². The number of rotatable bonds is 5. The molecule has 0 spiro atoms. The van der Waals surface area contributed by atoms with E-state index < -0.39 is 0 Å². The van der Waals surface area contributed by atoms with E-state index in [-0.39, 0.29) is 16.2 Å². The zero-order valence-electron chi connectivity index (χ0n) is 38.4. The van der Waals surface area contributed by atoms with Crippen molar-refractivity contribution in [2.24, 2.45) is 0 Å². The van der Waals surface area contributed by atoms with Gasteiger partial charge in [-0.05, 0) is 106 Å². The number of para-hydroxylation sites is 1. The molecule has 0 N–H and O–H groups in total. The summed E-state index contributed by atoms with van der Waals surface area (Å²) in [7, 11) is 0. The van der Waals surface area contributed by atoms with Crippen LogP contribution in [0.2, 0.25) is 0 Å². The van der Waals surface area contributed by atoms with Gasteiger partial charge in [-0.25, -0.2) is 4.98 Å². The van der Waals surface area contributed by atoms with E-state index in [4.69, 9.17) is 14.1 Å². The second-order valence-electron chi connectivity index (χ2n) is 20.6. The van der Waals surface area contributed by atoms with Crippen LogP contribution in [0.5, 0.6) is 11.5 Å². The van der Waals surface area contributed by atoms with E-state index in [2.05, 4.69) is 199 Å². The smallest absolute Gasteiger partial charge is 0.226 e. The summed E-state index contributed by atoms with van der Waals surface area (Å²) < 4.78 is 18.6. The van der Waals surface area contributed by atoms with Gasteiger partial charge in [0, 0.05) is 66.0 Å². The number of anilines is 4. The van der Waals surface area contributed by atoms with E-state index in [0.29, 0.717) is 6.67 Å². The van der Waals surface area contributed by atoms with Crippen LogP contribution < -0.4 is 14.5 Å². The second-order valence-corrected chi connectivity index (χ2v) is 21.7. The summed E-state index contributed by atoms with van der Waals surface area (Å²) in [6.45, 7) is 23.5. The average molecular weight is 859 g/mol. The Morgan fingerprint density at radius 2 is 1.33 bits per heavy atom. The van der Waals surface area contributed by atoms with Crippen LogP contribution in [0.15, 0.2) is 138 Å². The van der Waals surface area contributed by atoms with Gasteiger partial charge < -0.3 is 14.1 Å². The molecule has 320 valence electrons. The van der Waals surface area contributed by atoms with E-state index in [1.54, 1.807) is 0 Å². The third-order valence-corrected chi connectivity index (χ3v) is 14.2. The van der Waals surface area contributed by atoms with Crippen molar-refractivity contribution in [3.8, 4) is 17.3 Å². The maximum Gasteiger partial charge on any atom is 0.226 e. The van der Waals surface area contributed by atoms with Gasteiger partial charge in [0.1, 0.15) is 35.3 Å². The Morgan fingerprint density at radius 1 is 0.594 bits per heavy atom. The van der Waals surface area contributed by atoms with Crippen LogP contribution in [0.3, 0.4) is 0 Å². The fraction of sp³-hybridized carbons (Fsp3) is 0.246. The lowest BCUT2D eigenvalue weighted by atomic mass is 9.78.